The van der Waals surface area contributed by atoms with E-state index in [1.165, 1.54) is 4.90 Å². The van der Waals surface area contributed by atoms with E-state index in [2.05, 4.69) is 34.4 Å². The molecule has 10 nitrogen and oxygen atoms in total. The lowest BCUT2D eigenvalue weighted by molar-refractivity contribution is -0.162. The summed E-state index contributed by atoms with van der Waals surface area (Å²) >= 11 is 3.68. The van der Waals surface area contributed by atoms with E-state index in [0.29, 0.717) is 18.4 Å². The average Bonchev–Trinajstić information content (AvgIpc) is 3.60. The number of amides is 3. The van der Waals surface area contributed by atoms with E-state index in [9.17, 15) is 24.3 Å². The van der Waals surface area contributed by atoms with Gasteiger partial charge in [-0.2, -0.15) is 0 Å². The number of fused-ring (bicyclic) bond motifs is 1. The van der Waals surface area contributed by atoms with Gasteiger partial charge in [-0.3, -0.25) is 19.2 Å². The molecule has 1 aromatic carbocycles. The van der Waals surface area contributed by atoms with Gasteiger partial charge in [-0.05, 0) is 46.1 Å². The first kappa shape index (κ1) is 33.9. The lowest BCUT2D eigenvalue weighted by atomic mass is 9.70. The lowest BCUT2D eigenvalue weighted by Crippen LogP contribution is -2.59. The first-order chi connectivity index (χ1) is 20.9. The molecule has 1 spiro atoms. The Bertz CT molecular complexity index is 1260. The second-order valence-electron chi connectivity index (χ2n) is 12.3. The van der Waals surface area contributed by atoms with Crippen molar-refractivity contribution < 1.29 is 33.8 Å². The Labute approximate surface area is 267 Å². The fourth-order valence-electron chi connectivity index (χ4n) is 6.97. The Morgan fingerprint density at radius 3 is 2.48 bits per heavy atom. The van der Waals surface area contributed by atoms with Crippen molar-refractivity contribution in [3.05, 3.63) is 61.2 Å². The molecule has 0 aliphatic carbocycles. The van der Waals surface area contributed by atoms with E-state index in [0.717, 1.165) is 0 Å². The summed E-state index contributed by atoms with van der Waals surface area (Å²) in [6.07, 6.45) is 2.84. The van der Waals surface area contributed by atoms with Gasteiger partial charge in [0, 0.05) is 23.8 Å². The predicted octanol–water partition coefficient (Wildman–Crippen LogP) is 3.29. The number of alkyl halides is 1. The molecule has 3 heterocycles. The van der Waals surface area contributed by atoms with Crippen molar-refractivity contribution in [2.75, 3.05) is 13.2 Å². The van der Waals surface area contributed by atoms with Gasteiger partial charge in [0.1, 0.15) is 17.7 Å². The van der Waals surface area contributed by atoms with Crippen molar-refractivity contribution in [3.8, 4) is 0 Å². The normalized spacial score (nSPS) is 29.1. The van der Waals surface area contributed by atoms with Gasteiger partial charge in [0.05, 0.1) is 36.6 Å². The molecule has 3 aliphatic heterocycles. The van der Waals surface area contributed by atoms with Crippen LogP contribution in [-0.2, 0) is 28.7 Å². The summed E-state index contributed by atoms with van der Waals surface area (Å²) in [5.41, 5.74) is -0.605. The summed E-state index contributed by atoms with van der Waals surface area (Å²) in [5, 5.41) is 13.1. The topological polar surface area (TPSA) is 125 Å². The number of benzene rings is 1. The number of esters is 1. The van der Waals surface area contributed by atoms with Crippen molar-refractivity contribution in [3.63, 3.8) is 0 Å². The number of likely N-dealkylation sites (tertiary alicyclic amines) is 1. The van der Waals surface area contributed by atoms with Crippen LogP contribution in [-0.4, -0.2) is 92.4 Å². The molecule has 44 heavy (non-hydrogen) atoms. The molecule has 3 fully saturated rings. The summed E-state index contributed by atoms with van der Waals surface area (Å²) < 4.78 is 12.8. The van der Waals surface area contributed by atoms with Crippen LogP contribution in [0.3, 0.4) is 0 Å². The third kappa shape index (κ3) is 6.10. The number of carbonyl (C=O) groups is 4. The summed E-state index contributed by atoms with van der Waals surface area (Å²) in [6, 6.07) is 6.62. The molecule has 4 rings (SSSR count). The summed E-state index contributed by atoms with van der Waals surface area (Å²) in [5.74, 6) is -3.57. The Morgan fingerprint density at radius 2 is 1.89 bits per heavy atom. The molecule has 1 aromatic rings. The van der Waals surface area contributed by atoms with Gasteiger partial charge in [-0.15, -0.1) is 13.2 Å². The van der Waals surface area contributed by atoms with Gasteiger partial charge < -0.3 is 29.7 Å². The van der Waals surface area contributed by atoms with Crippen LogP contribution >= 0.6 is 15.9 Å². The van der Waals surface area contributed by atoms with Crippen molar-refractivity contribution in [1.82, 2.24) is 15.1 Å². The number of hydrogen-bond acceptors (Lipinski definition) is 7. The second-order valence-corrected chi connectivity index (χ2v) is 13.4. The lowest BCUT2D eigenvalue weighted by Gasteiger charge is -2.39. The molecule has 3 saturated heterocycles. The zero-order valence-electron chi connectivity index (χ0n) is 25.9. The first-order valence-electron chi connectivity index (χ1n) is 15.2. The van der Waals surface area contributed by atoms with Crippen molar-refractivity contribution in [2.24, 2.45) is 11.8 Å². The molecule has 3 aliphatic rings. The number of nitrogens with one attached hydrogen (secondary N) is 1. The third-order valence-electron chi connectivity index (χ3n) is 8.99. The molecule has 3 amide bonds. The molecule has 0 radical (unpaired) electrons. The van der Waals surface area contributed by atoms with Gasteiger partial charge in [0.25, 0.3) is 0 Å². The minimum absolute atomic E-state index is 0.189. The number of aliphatic hydroxyl groups excluding tert-OH is 1. The standard InChI is InChI=1S/C33H44BrN3O7/c1-7-9-15-24(39)35-21(6)27(22-13-11-10-12-14-22)43-32(42)25-26-30(40)37(20(5)18-38)29(31(41)36(16-8-2)19(3)4)33(26)17-23(34)28(25)44-33/h7-8,10-14,19-21,23,25-29,38H,1-2,9,15-18H2,3-6H3,(H,35,39)/t20-,21-,23?,25-,26+,27-,28-,29-,33+/m1/s1. The first-order valence-corrected chi connectivity index (χ1v) is 16.2. The zero-order chi connectivity index (χ0) is 32.3. The van der Waals surface area contributed by atoms with Crippen molar-refractivity contribution in [1.29, 1.82) is 0 Å². The maximum atomic E-state index is 14.2. The molecule has 0 aromatic heterocycles. The molecule has 9 atom stereocenters. The van der Waals surface area contributed by atoms with Crippen LogP contribution in [0, 0.1) is 11.8 Å². The summed E-state index contributed by atoms with van der Waals surface area (Å²) in [7, 11) is 0. The van der Waals surface area contributed by atoms with Gasteiger partial charge in [0.2, 0.25) is 17.7 Å². The van der Waals surface area contributed by atoms with Gasteiger partial charge in [0.15, 0.2) is 0 Å². The van der Waals surface area contributed by atoms with Crippen LogP contribution < -0.4 is 5.32 Å². The average molecular weight is 675 g/mol. The fraction of sp³-hybridized carbons (Fsp3) is 0.576. The molecular weight excluding hydrogens is 630 g/mol. The van der Waals surface area contributed by atoms with E-state index < -0.39 is 59.6 Å². The number of nitrogens with zero attached hydrogens (tertiary/aromatic N) is 2. The van der Waals surface area contributed by atoms with Crippen LogP contribution in [0.1, 0.15) is 58.6 Å². The number of hydrogen-bond donors (Lipinski definition) is 2. The van der Waals surface area contributed by atoms with E-state index in [1.54, 1.807) is 30.9 Å². The molecule has 2 bridgehead atoms. The number of halogens is 1. The fourth-order valence-corrected chi connectivity index (χ4v) is 7.91. The minimum atomic E-state index is -1.29. The smallest absolute Gasteiger partial charge is 0.313 e. The molecule has 1 unspecified atom stereocenters. The van der Waals surface area contributed by atoms with Crippen molar-refractivity contribution in [2.45, 2.75) is 93.8 Å². The largest absolute Gasteiger partial charge is 0.455 e. The number of aliphatic hydroxyl groups is 1. The number of carbonyl (C=O) groups excluding carboxylic acids is 4. The Hall–Kier alpha value is -3.02. The van der Waals surface area contributed by atoms with E-state index in [-0.39, 0.29) is 42.3 Å². The van der Waals surface area contributed by atoms with E-state index in [4.69, 9.17) is 9.47 Å². The van der Waals surface area contributed by atoms with Crippen LogP contribution in [0.15, 0.2) is 55.6 Å². The van der Waals surface area contributed by atoms with Crippen LogP contribution in [0.2, 0.25) is 0 Å². The summed E-state index contributed by atoms with van der Waals surface area (Å²) in [6.45, 7) is 14.6. The molecule has 11 heteroatoms. The van der Waals surface area contributed by atoms with E-state index >= 15 is 0 Å². The third-order valence-corrected chi connectivity index (χ3v) is 9.84. The Morgan fingerprint density at radius 1 is 1.20 bits per heavy atom. The van der Waals surface area contributed by atoms with Crippen LogP contribution in [0.4, 0.5) is 0 Å². The van der Waals surface area contributed by atoms with E-state index in [1.807, 2.05) is 44.2 Å². The maximum absolute atomic E-state index is 14.2. The van der Waals surface area contributed by atoms with Crippen molar-refractivity contribution >= 4 is 39.6 Å². The number of ether oxygens (including phenoxy) is 2. The van der Waals surface area contributed by atoms with Crippen LogP contribution in [0.5, 0.6) is 0 Å². The maximum Gasteiger partial charge on any atom is 0.313 e. The number of allylic oxidation sites excluding steroid dienone is 1. The molecule has 240 valence electrons. The SMILES string of the molecule is C=CCCC(=O)N[C@H](C)[C@@H](OC(=O)[C@H]1[C@@H]2O[C@@]3(CC2Br)[C@@H]1C(=O)N([C@H](C)CO)[C@@H]3C(=O)N(CC=C)C(C)C)c1ccccc1. The minimum Gasteiger partial charge on any atom is -0.455 e. The highest BCUT2D eigenvalue weighted by atomic mass is 79.9. The van der Waals surface area contributed by atoms with Gasteiger partial charge in [-0.25, -0.2) is 0 Å². The zero-order valence-corrected chi connectivity index (χ0v) is 27.4. The van der Waals surface area contributed by atoms with Crippen LogP contribution in [0.25, 0.3) is 0 Å². The highest BCUT2D eigenvalue weighted by molar-refractivity contribution is 9.09. The summed E-state index contributed by atoms with van der Waals surface area (Å²) in [4.78, 5) is 58.0. The monoisotopic (exact) mass is 673 g/mol. The highest BCUT2D eigenvalue weighted by Gasteiger charge is 2.77. The molecule has 0 saturated carbocycles. The van der Waals surface area contributed by atoms with Gasteiger partial charge in [-0.1, -0.05) is 58.4 Å². The second kappa shape index (κ2) is 14.0. The Kier molecular flexibility index (Phi) is 10.7. The Balaban J connectivity index is 1.70. The predicted molar refractivity (Wildman–Crippen MR) is 168 cm³/mol. The van der Waals surface area contributed by atoms with Gasteiger partial charge >= 0.3 is 5.97 Å². The number of rotatable bonds is 14. The molecular formula is C33H44BrN3O7. The highest BCUT2D eigenvalue weighted by Crippen LogP contribution is 2.61. The quantitative estimate of drug-likeness (QED) is 0.176. The molecule has 2 N–H and O–H groups in total.